The van der Waals surface area contributed by atoms with E-state index >= 15 is 0 Å². The Balaban J connectivity index is 2.37. The first-order valence-electron chi connectivity index (χ1n) is 7.10. The Bertz CT molecular complexity index is 268. The average molecular weight is 237 g/mol. The number of allylic oxidation sites excluding steroid dienone is 2. The number of ketones is 1. The molecule has 17 heavy (non-hydrogen) atoms. The minimum atomic E-state index is 0.179. The van der Waals surface area contributed by atoms with Crippen LogP contribution in [0.4, 0.5) is 0 Å². The first-order valence-corrected chi connectivity index (χ1v) is 7.10. The van der Waals surface area contributed by atoms with Gasteiger partial charge in [-0.05, 0) is 51.0 Å². The van der Waals surface area contributed by atoms with Gasteiger partial charge in [0.2, 0.25) is 0 Å². The van der Waals surface area contributed by atoms with Crippen LogP contribution in [0.25, 0.3) is 0 Å². The quantitative estimate of drug-likeness (QED) is 0.767. The number of hydrogen-bond acceptors (Lipinski definition) is 2. The lowest BCUT2D eigenvalue weighted by Crippen LogP contribution is -2.17. The second-order valence-electron chi connectivity index (χ2n) is 5.50. The fourth-order valence-corrected chi connectivity index (χ4v) is 2.43. The van der Waals surface area contributed by atoms with E-state index in [0.29, 0.717) is 5.78 Å². The highest BCUT2D eigenvalue weighted by Crippen LogP contribution is 2.22. The second kappa shape index (κ2) is 7.65. The third kappa shape index (κ3) is 5.49. The van der Waals surface area contributed by atoms with Gasteiger partial charge < -0.3 is 5.73 Å². The second-order valence-corrected chi connectivity index (χ2v) is 5.50. The molecule has 0 aromatic carbocycles. The Morgan fingerprint density at radius 2 is 2.06 bits per heavy atom. The summed E-state index contributed by atoms with van der Waals surface area (Å²) in [6.07, 6.45) is 11.0. The van der Waals surface area contributed by atoms with Crippen LogP contribution >= 0.6 is 0 Å². The number of rotatable bonds is 6. The van der Waals surface area contributed by atoms with E-state index in [9.17, 15) is 4.79 Å². The summed E-state index contributed by atoms with van der Waals surface area (Å²) in [6.45, 7) is 4.09. The van der Waals surface area contributed by atoms with Gasteiger partial charge in [0.15, 0.2) is 5.78 Å². The fraction of sp³-hybridized carbons (Fsp3) is 0.800. The van der Waals surface area contributed by atoms with Gasteiger partial charge in [-0.25, -0.2) is 0 Å². The highest BCUT2D eigenvalue weighted by Gasteiger charge is 2.18. The van der Waals surface area contributed by atoms with E-state index in [-0.39, 0.29) is 12.0 Å². The van der Waals surface area contributed by atoms with Crippen LogP contribution in [-0.2, 0) is 4.79 Å². The third-order valence-electron chi connectivity index (χ3n) is 3.60. The molecule has 2 atom stereocenters. The van der Waals surface area contributed by atoms with Crippen molar-refractivity contribution in [2.24, 2.45) is 11.7 Å². The molecule has 0 radical (unpaired) electrons. The topological polar surface area (TPSA) is 43.1 Å². The molecule has 0 saturated carbocycles. The van der Waals surface area contributed by atoms with Crippen LogP contribution in [0.15, 0.2) is 11.6 Å². The lowest BCUT2D eigenvalue weighted by molar-refractivity contribution is -0.119. The van der Waals surface area contributed by atoms with Gasteiger partial charge in [0, 0.05) is 12.0 Å². The highest BCUT2D eigenvalue weighted by atomic mass is 16.1. The summed E-state index contributed by atoms with van der Waals surface area (Å²) in [5.74, 6) is 0.565. The van der Waals surface area contributed by atoms with Crippen LogP contribution < -0.4 is 5.73 Å². The van der Waals surface area contributed by atoms with Gasteiger partial charge in [0.1, 0.15) is 0 Å². The van der Waals surface area contributed by atoms with Crippen molar-refractivity contribution in [3.63, 3.8) is 0 Å². The van der Waals surface area contributed by atoms with Gasteiger partial charge in [0.05, 0.1) is 0 Å². The Morgan fingerprint density at radius 3 is 2.76 bits per heavy atom. The van der Waals surface area contributed by atoms with Crippen molar-refractivity contribution in [3.05, 3.63) is 11.6 Å². The van der Waals surface area contributed by atoms with E-state index in [1.807, 2.05) is 6.92 Å². The molecule has 0 saturated heterocycles. The molecule has 1 aliphatic rings. The van der Waals surface area contributed by atoms with Crippen molar-refractivity contribution in [2.75, 3.05) is 0 Å². The zero-order chi connectivity index (χ0) is 12.7. The first kappa shape index (κ1) is 14.4. The van der Waals surface area contributed by atoms with Crippen molar-refractivity contribution in [1.29, 1.82) is 0 Å². The molecule has 0 heterocycles. The molecule has 0 amide bonds. The molecule has 0 aromatic heterocycles. The van der Waals surface area contributed by atoms with E-state index in [0.717, 1.165) is 37.7 Å². The van der Waals surface area contributed by atoms with E-state index in [1.165, 1.54) is 19.3 Å². The van der Waals surface area contributed by atoms with Gasteiger partial charge >= 0.3 is 0 Å². The molecule has 2 heteroatoms. The normalized spacial score (nSPS) is 20.3. The standard InChI is InChI=1S/C15H27NO/c1-12(8-7-9-13(2)16)15(17)14-10-5-3-4-6-11-14/h10,12-13H,3-9,11,16H2,1-2H3. The zero-order valence-corrected chi connectivity index (χ0v) is 11.4. The van der Waals surface area contributed by atoms with Crippen molar-refractivity contribution >= 4 is 5.78 Å². The zero-order valence-electron chi connectivity index (χ0n) is 11.4. The maximum absolute atomic E-state index is 12.2. The summed E-state index contributed by atoms with van der Waals surface area (Å²) in [7, 11) is 0. The van der Waals surface area contributed by atoms with E-state index < -0.39 is 0 Å². The van der Waals surface area contributed by atoms with Gasteiger partial charge in [0.25, 0.3) is 0 Å². The van der Waals surface area contributed by atoms with Crippen LogP contribution in [0.3, 0.4) is 0 Å². The van der Waals surface area contributed by atoms with Gasteiger partial charge in [-0.2, -0.15) is 0 Å². The van der Waals surface area contributed by atoms with Crippen molar-refractivity contribution in [2.45, 2.75) is 71.3 Å². The SMILES string of the molecule is CC(N)CCCC(C)C(=O)C1=CCCCCC1. The molecule has 0 aromatic rings. The molecule has 0 fully saturated rings. The number of hydrogen-bond donors (Lipinski definition) is 1. The van der Waals surface area contributed by atoms with Gasteiger partial charge in [-0.3, -0.25) is 4.79 Å². The Labute approximate surface area is 106 Å². The van der Waals surface area contributed by atoms with Gasteiger partial charge in [-0.15, -0.1) is 0 Å². The summed E-state index contributed by atoms with van der Waals surface area (Å²) in [6, 6.07) is 0.259. The molecule has 98 valence electrons. The van der Waals surface area contributed by atoms with Crippen molar-refractivity contribution in [3.8, 4) is 0 Å². The Hall–Kier alpha value is -0.630. The monoisotopic (exact) mass is 237 g/mol. The Kier molecular flexibility index (Phi) is 6.49. The third-order valence-corrected chi connectivity index (χ3v) is 3.60. The van der Waals surface area contributed by atoms with E-state index in [2.05, 4.69) is 13.0 Å². The van der Waals surface area contributed by atoms with E-state index in [1.54, 1.807) is 0 Å². The molecular formula is C15H27NO. The van der Waals surface area contributed by atoms with Crippen molar-refractivity contribution < 1.29 is 4.79 Å². The molecule has 2 nitrogen and oxygen atoms in total. The van der Waals surface area contributed by atoms with Crippen molar-refractivity contribution in [1.82, 2.24) is 0 Å². The van der Waals surface area contributed by atoms with Crippen LogP contribution in [0.5, 0.6) is 0 Å². The minimum Gasteiger partial charge on any atom is -0.328 e. The van der Waals surface area contributed by atoms with Crippen LogP contribution in [0.1, 0.15) is 65.2 Å². The predicted octanol–water partition coefficient (Wildman–Crippen LogP) is 3.60. The molecule has 2 unspecified atom stereocenters. The Morgan fingerprint density at radius 1 is 1.29 bits per heavy atom. The smallest absolute Gasteiger partial charge is 0.161 e. The fourth-order valence-electron chi connectivity index (χ4n) is 2.43. The maximum atomic E-state index is 12.2. The first-order chi connectivity index (χ1) is 8.11. The number of nitrogens with two attached hydrogens (primary N) is 1. The molecule has 2 N–H and O–H groups in total. The van der Waals surface area contributed by atoms with Gasteiger partial charge in [-0.1, -0.05) is 25.8 Å². The summed E-state index contributed by atoms with van der Waals surface area (Å²) in [5.41, 5.74) is 6.82. The molecule has 0 aliphatic heterocycles. The lowest BCUT2D eigenvalue weighted by atomic mass is 9.91. The molecular weight excluding hydrogens is 210 g/mol. The van der Waals surface area contributed by atoms with E-state index in [4.69, 9.17) is 5.73 Å². The predicted molar refractivity (Wildman–Crippen MR) is 72.8 cm³/mol. The van der Waals surface area contributed by atoms with Crippen LogP contribution in [0.2, 0.25) is 0 Å². The minimum absolute atomic E-state index is 0.179. The largest absolute Gasteiger partial charge is 0.328 e. The van der Waals surface area contributed by atoms with Crippen LogP contribution in [0, 0.1) is 5.92 Å². The lowest BCUT2D eigenvalue weighted by Gasteiger charge is -2.13. The number of carbonyl (C=O) groups is 1. The molecule has 0 spiro atoms. The highest BCUT2D eigenvalue weighted by molar-refractivity contribution is 5.96. The maximum Gasteiger partial charge on any atom is 0.161 e. The average Bonchev–Trinajstić information content (AvgIpc) is 2.55. The molecule has 1 aliphatic carbocycles. The number of carbonyl (C=O) groups excluding carboxylic acids is 1. The molecule has 0 bridgehead atoms. The summed E-state index contributed by atoms with van der Waals surface area (Å²) >= 11 is 0. The number of Topliss-reactive ketones (excluding diaryl/α,β-unsaturated/α-hetero) is 1. The molecule has 1 rings (SSSR count). The summed E-state index contributed by atoms with van der Waals surface area (Å²) in [5, 5.41) is 0. The summed E-state index contributed by atoms with van der Waals surface area (Å²) in [4.78, 5) is 12.2. The summed E-state index contributed by atoms with van der Waals surface area (Å²) < 4.78 is 0. The van der Waals surface area contributed by atoms with Crippen LogP contribution in [-0.4, -0.2) is 11.8 Å².